The summed E-state index contributed by atoms with van der Waals surface area (Å²) in [6.07, 6.45) is -3.61. The SMILES string of the molecule is CNC(=O)c1ncnc(Sc2ccc(NS(=O)(=O)c3ccc(Cl)c(C(F)(F)F)c3)cc2)n1. The molecule has 0 spiro atoms. The van der Waals surface area contributed by atoms with Crippen LogP contribution in [-0.2, 0) is 16.2 Å². The molecular weight excluding hydrogens is 491 g/mol. The molecule has 0 atom stereocenters. The number of anilines is 1. The first-order valence-corrected chi connectivity index (χ1v) is 11.3. The van der Waals surface area contributed by atoms with Crippen LogP contribution in [0.5, 0.6) is 0 Å². The van der Waals surface area contributed by atoms with Crippen LogP contribution in [0.2, 0.25) is 5.02 Å². The minimum absolute atomic E-state index is 0.0597. The van der Waals surface area contributed by atoms with Crippen molar-refractivity contribution in [1.29, 1.82) is 0 Å². The molecule has 32 heavy (non-hydrogen) atoms. The molecule has 0 saturated carbocycles. The molecule has 1 amide bonds. The van der Waals surface area contributed by atoms with Crippen molar-refractivity contribution < 1.29 is 26.4 Å². The van der Waals surface area contributed by atoms with E-state index in [0.717, 1.165) is 23.9 Å². The average Bonchev–Trinajstić information content (AvgIpc) is 2.74. The molecule has 8 nitrogen and oxygen atoms in total. The number of halogens is 4. The van der Waals surface area contributed by atoms with E-state index in [1.54, 1.807) is 12.1 Å². The Morgan fingerprint density at radius 2 is 1.78 bits per heavy atom. The summed E-state index contributed by atoms with van der Waals surface area (Å²) in [6, 6.07) is 8.27. The van der Waals surface area contributed by atoms with Gasteiger partial charge >= 0.3 is 6.18 Å². The summed E-state index contributed by atoms with van der Waals surface area (Å²) >= 11 is 6.64. The number of carbonyl (C=O) groups is 1. The number of nitrogens with zero attached hydrogens (tertiary/aromatic N) is 3. The maximum absolute atomic E-state index is 13.0. The Balaban J connectivity index is 1.77. The molecule has 168 valence electrons. The van der Waals surface area contributed by atoms with E-state index in [9.17, 15) is 26.4 Å². The number of rotatable bonds is 6. The average molecular weight is 504 g/mol. The zero-order valence-electron chi connectivity index (χ0n) is 16.0. The monoisotopic (exact) mass is 503 g/mol. The number of sulfonamides is 1. The van der Waals surface area contributed by atoms with Crippen molar-refractivity contribution in [1.82, 2.24) is 20.3 Å². The molecule has 0 fully saturated rings. The highest BCUT2D eigenvalue weighted by molar-refractivity contribution is 7.99. The number of alkyl halides is 3. The maximum atomic E-state index is 13.0. The van der Waals surface area contributed by atoms with Crippen LogP contribution < -0.4 is 10.0 Å². The Labute approximate surface area is 189 Å². The van der Waals surface area contributed by atoms with E-state index in [0.29, 0.717) is 11.0 Å². The maximum Gasteiger partial charge on any atom is 0.417 e. The Morgan fingerprint density at radius 3 is 2.41 bits per heavy atom. The van der Waals surface area contributed by atoms with Crippen LogP contribution in [0, 0.1) is 0 Å². The largest absolute Gasteiger partial charge is 0.417 e. The first-order chi connectivity index (χ1) is 15.0. The second-order valence-corrected chi connectivity index (χ2v) is 9.17. The van der Waals surface area contributed by atoms with E-state index in [1.807, 2.05) is 0 Å². The van der Waals surface area contributed by atoms with Gasteiger partial charge in [-0.25, -0.2) is 18.4 Å². The Hall–Kier alpha value is -2.90. The van der Waals surface area contributed by atoms with Crippen LogP contribution in [0.4, 0.5) is 18.9 Å². The minimum atomic E-state index is -4.80. The first kappa shape index (κ1) is 23.8. The fourth-order valence-corrected chi connectivity index (χ4v) is 4.37. The number of benzene rings is 2. The lowest BCUT2D eigenvalue weighted by Gasteiger charge is -2.12. The summed E-state index contributed by atoms with van der Waals surface area (Å²) in [5.74, 6) is -0.537. The first-order valence-electron chi connectivity index (χ1n) is 8.58. The van der Waals surface area contributed by atoms with Crippen molar-refractivity contribution in [3.05, 3.63) is 65.2 Å². The summed E-state index contributed by atoms with van der Waals surface area (Å²) in [5, 5.41) is 2.04. The standard InChI is InChI=1S/C18H13ClF3N5O3S2/c1-23-16(28)15-24-9-25-17(26-15)31-11-4-2-10(3-5-11)27-32(29,30)12-6-7-14(19)13(8-12)18(20,21)22/h2-9,27H,1H3,(H,23,28). The molecule has 14 heteroatoms. The number of aromatic nitrogens is 3. The fraction of sp³-hybridized carbons (Fsp3) is 0.111. The van der Waals surface area contributed by atoms with Gasteiger partial charge in [-0.15, -0.1) is 0 Å². The van der Waals surface area contributed by atoms with Crippen molar-refractivity contribution >= 4 is 45.0 Å². The van der Waals surface area contributed by atoms with Crippen LogP contribution >= 0.6 is 23.4 Å². The fourth-order valence-electron chi connectivity index (χ4n) is 2.35. The molecule has 0 saturated heterocycles. The molecule has 0 aliphatic rings. The topological polar surface area (TPSA) is 114 Å². The number of hydrogen-bond acceptors (Lipinski definition) is 7. The van der Waals surface area contributed by atoms with Crippen LogP contribution in [0.25, 0.3) is 0 Å². The van der Waals surface area contributed by atoms with Gasteiger partial charge in [0.15, 0.2) is 5.16 Å². The van der Waals surface area contributed by atoms with E-state index >= 15 is 0 Å². The third-order valence-electron chi connectivity index (χ3n) is 3.85. The number of carbonyl (C=O) groups excluding carboxylic acids is 1. The van der Waals surface area contributed by atoms with Gasteiger partial charge in [-0.05, 0) is 54.2 Å². The predicted octanol–water partition coefficient (Wildman–Crippen LogP) is 3.86. The van der Waals surface area contributed by atoms with Crippen molar-refractivity contribution in [2.45, 2.75) is 21.1 Å². The molecule has 3 rings (SSSR count). The van der Waals surface area contributed by atoms with Gasteiger partial charge in [0.1, 0.15) is 6.33 Å². The van der Waals surface area contributed by atoms with Gasteiger partial charge in [0.25, 0.3) is 15.9 Å². The quantitative estimate of drug-likeness (QED) is 0.525. The van der Waals surface area contributed by atoms with Gasteiger partial charge in [0.05, 0.1) is 15.5 Å². The lowest BCUT2D eigenvalue weighted by molar-refractivity contribution is -0.137. The van der Waals surface area contributed by atoms with Gasteiger partial charge in [-0.1, -0.05) is 11.6 Å². The van der Waals surface area contributed by atoms with Gasteiger partial charge < -0.3 is 5.32 Å². The summed E-state index contributed by atoms with van der Waals surface area (Å²) in [7, 11) is -2.86. The number of amides is 1. The van der Waals surface area contributed by atoms with Crippen molar-refractivity contribution in [2.24, 2.45) is 0 Å². The molecule has 0 unspecified atom stereocenters. The van der Waals surface area contributed by atoms with Crippen molar-refractivity contribution in [2.75, 3.05) is 11.8 Å². The highest BCUT2D eigenvalue weighted by Gasteiger charge is 2.34. The predicted molar refractivity (Wildman–Crippen MR) is 111 cm³/mol. The number of hydrogen-bond donors (Lipinski definition) is 2. The third-order valence-corrected chi connectivity index (χ3v) is 6.44. The molecule has 0 bridgehead atoms. The molecule has 0 radical (unpaired) electrons. The van der Waals surface area contributed by atoms with E-state index in [-0.39, 0.29) is 16.7 Å². The molecule has 2 N–H and O–H groups in total. The van der Waals surface area contributed by atoms with Crippen molar-refractivity contribution in [3.63, 3.8) is 0 Å². The molecule has 1 heterocycles. The van der Waals surface area contributed by atoms with Crippen molar-refractivity contribution in [3.8, 4) is 0 Å². The number of nitrogens with one attached hydrogen (secondary N) is 2. The Bertz CT molecular complexity index is 1260. The van der Waals surface area contributed by atoms with Crippen LogP contribution in [0.1, 0.15) is 16.2 Å². The highest BCUT2D eigenvalue weighted by atomic mass is 35.5. The van der Waals surface area contributed by atoms with Crippen LogP contribution in [0.3, 0.4) is 0 Å². The summed E-state index contributed by atoms with van der Waals surface area (Å²) in [5.41, 5.74) is -1.12. The van der Waals surface area contributed by atoms with E-state index in [2.05, 4.69) is 25.0 Å². The zero-order chi connectivity index (χ0) is 23.5. The third kappa shape index (κ3) is 5.66. The Morgan fingerprint density at radius 1 is 1.09 bits per heavy atom. The van der Waals surface area contributed by atoms with Gasteiger partial charge in [-0.2, -0.15) is 18.2 Å². The van der Waals surface area contributed by atoms with E-state index in [1.165, 1.54) is 25.5 Å². The zero-order valence-corrected chi connectivity index (χ0v) is 18.4. The second-order valence-electron chi connectivity index (χ2n) is 6.04. The van der Waals surface area contributed by atoms with Gasteiger partial charge in [-0.3, -0.25) is 9.52 Å². The van der Waals surface area contributed by atoms with Gasteiger partial charge in [0, 0.05) is 17.6 Å². The molecule has 3 aromatic rings. The van der Waals surface area contributed by atoms with Gasteiger partial charge in [0.2, 0.25) is 5.82 Å². The van der Waals surface area contributed by atoms with Crippen LogP contribution in [0.15, 0.2) is 63.7 Å². The van der Waals surface area contributed by atoms with E-state index < -0.39 is 37.6 Å². The summed E-state index contributed by atoms with van der Waals surface area (Å²) < 4.78 is 66.3. The normalized spacial score (nSPS) is 11.8. The summed E-state index contributed by atoms with van der Waals surface area (Å²) in [6.45, 7) is 0. The molecule has 2 aromatic carbocycles. The lowest BCUT2D eigenvalue weighted by Crippen LogP contribution is -2.21. The smallest absolute Gasteiger partial charge is 0.352 e. The lowest BCUT2D eigenvalue weighted by atomic mass is 10.2. The van der Waals surface area contributed by atoms with Crippen LogP contribution in [-0.4, -0.2) is 36.3 Å². The Kier molecular flexibility index (Phi) is 6.91. The van der Waals surface area contributed by atoms with E-state index in [4.69, 9.17) is 11.6 Å². The second kappa shape index (κ2) is 9.30. The molecule has 1 aromatic heterocycles. The minimum Gasteiger partial charge on any atom is -0.352 e. The molecular formula is C18H13ClF3N5O3S2. The highest BCUT2D eigenvalue weighted by Crippen LogP contribution is 2.36. The summed E-state index contributed by atoms with van der Waals surface area (Å²) in [4.78, 5) is 23.4. The molecule has 0 aliphatic carbocycles. The molecule has 0 aliphatic heterocycles.